The van der Waals surface area contributed by atoms with E-state index < -0.39 is 0 Å². The van der Waals surface area contributed by atoms with Crippen molar-refractivity contribution in [2.45, 2.75) is 12.1 Å². The Morgan fingerprint density at radius 3 is 2.20 bits per heavy atom. The lowest BCUT2D eigenvalue weighted by Crippen LogP contribution is -2.28. The van der Waals surface area contributed by atoms with Crippen molar-refractivity contribution in [2.75, 3.05) is 7.11 Å². The Morgan fingerprint density at radius 1 is 1.20 bits per heavy atom. The molecule has 2 atom stereocenters. The maximum absolute atomic E-state index is 11.6. The summed E-state index contributed by atoms with van der Waals surface area (Å²) < 4.78 is 4.79. The topological polar surface area (TPSA) is 29.5 Å². The van der Waals surface area contributed by atoms with Gasteiger partial charge in [-0.05, 0) is 11.1 Å². The Morgan fingerprint density at radius 2 is 1.73 bits per heavy atom. The first kappa shape index (κ1) is 8.53. The summed E-state index contributed by atoms with van der Waals surface area (Å²) in [6.07, 6.45) is 3.86. The number of ether oxygens (including phenoxy) is 1. The lowest BCUT2D eigenvalue weighted by atomic mass is 9.97. The Hall–Kier alpha value is -1.77. The van der Waals surface area contributed by atoms with E-state index in [0.717, 1.165) is 0 Å². The molecule has 1 amide bonds. The third-order valence-electron chi connectivity index (χ3n) is 3.09. The van der Waals surface area contributed by atoms with Crippen molar-refractivity contribution in [3.63, 3.8) is 0 Å². The zero-order valence-electron chi connectivity index (χ0n) is 8.38. The van der Waals surface area contributed by atoms with Crippen molar-refractivity contribution in [3.05, 3.63) is 47.5 Å². The fourth-order valence-corrected chi connectivity index (χ4v) is 2.46. The standard InChI is InChI=1S/C12H11NO2/c1-15-12(14)13-10-6-7-11(13)9-5-3-2-4-8(9)10/h2-7,10-11H,1H3/t10-,11-/m0/s1. The van der Waals surface area contributed by atoms with E-state index in [-0.39, 0.29) is 18.2 Å². The van der Waals surface area contributed by atoms with Gasteiger partial charge in [-0.1, -0.05) is 36.4 Å². The first-order valence-electron chi connectivity index (χ1n) is 4.96. The molecule has 2 aliphatic heterocycles. The Balaban J connectivity index is 2.07. The summed E-state index contributed by atoms with van der Waals surface area (Å²) in [5.74, 6) is 0. The van der Waals surface area contributed by atoms with Gasteiger partial charge in [-0.15, -0.1) is 0 Å². The van der Waals surface area contributed by atoms with Gasteiger partial charge in [-0.25, -0.2) is 4.79 Å². The minimum atomic E-state index is -0.258. The summed E-state index contributed by atoms with van der Waals surface area (Å²) in [7, 11) is 1.42. The largest absolute Gasteiger partial charge is 0.453 e. The van der Waals surface area contributed by atoms with E-state index in [1.807, 2.05) is 12.1 Å². The molecule has 0 radical (unpaired) electrons. The van der Waals surface area contributed by atoms with Gasteiger partial charge in [0.1, 0.15) is 0 Å². The summed E-state index contributed by atoms with van der Waals surface area (Å²) in [5.41, 5.74) is 2.44. The van der Waals surface area contributed by atoms with Crippen LogP contribution in [0.4, 0.5) is 4.79 Å². The molecular formula is C12H11NO2. The van der Waals surface area contributed by atoms with Crippen LogP contribution < -0.4 is 0 Å². The molecule has 76 valence electrons. The second-order valence-electron chi connectivity index (χ2n) is 3.78. The van der Waals surface area contributed by atoms with Crippen molar-refractivity contribution in [1.82, 2.24) is 4.90 Å². The Bertz CT molecular complexity index is 420. The van der Waals surface area contributed by atoms with Gasteiger partial charge in [-0.3, -0.25) is 4.90 Å². The van der Waals surface area contributed by atoms with Gasteiger partial charge in [-0.2, -0.15) is 0 Å². The molecule has 2 bridgehead atoms. The van der Waals surface area contributed by atoms with Crippen molar-refractivity contribution >= 4 is 6.09 Å². The minimum absolute atomic E-state index is 0.0682. The molecule has 0 aromatic heterocycles. The molecule has 3 rings (SSSR count). The second-order valence-corrected chi connectivity index (χ2v) is 3.78. The SMILES string of the molecule is COC(=O)N1[C@H]2C=C[C@H]1c1ccccc12. The van der Waals surface area contributed by atoms with Gasteiger partial charge >= 0.3 is 6.09 Å². The Labute approximate surface area is 88.0 Å². The lowest BCUT2D eigenvalue weighted by Gasteiger charge is -2.20. The van der Waals surface area contributed by atoms with E-state index >= 15 is 0 Å². The van der Waals surface area contributed by atoms with Gasteiger partial charge in [0, 0.05) is 0 Å². The van der Waals surface area contributed by atoms with E-state index in [1.54, 1.807) is 4.90 Å². The predicted octanol–water partition coefficient (Wildman–Crippen LogP) is 2.42. The highest BCUT2D eigenvalue weighted by Crippen LogP contribution is 2.48. The van der Waals surface area contributed by atoms with Gasteiger partial charge in [0.25, 0.3) is 0 Å². The molecule has 0 N–H and O–H groups in total. The maximum atomic E-state index is 11.6. The summed E-state index contributed by atoms with van der Waals surface area (Å²) in [4.78, 5) is 13.4. The van der Waals surface area contributed by atoms with Gasteiger partial charge in [0.15, 0.2) is 0 Å². The van der Waals surface area contributed by atoms with Crippen LogP contribution in [0.2, 0.25) is 0 Å². The van der Waals surface area contributed by atoms with Gasteiger partial charge < -0.3 is 4.74 Å². The van der Waals surface area contributed by atoms with Crippen LogP contribution in [0.15, 0.2) is 36.4 Å². The number of hydrogen-bond donors (Lipinski definition) is 0. The quantitative estimate of drug-likeness (QED) is 0.603. The zero-order chi connectivity index (χ0) is 10.4. The number of methoxy groups -OCH3 is 1. The summed E-state index contributed by atoms with van der Waals surface area (Å²) in [5, 5.41) is 0. The average Bonchev–Trinajstić information content (AvgIpc) is 2.84. The number of hydrogen-bond acceptors (Lipinski definition) is 2. The van der Waals surface area contributed by atoms with Crippen LogP contribution in [0.25, 0.3) is 0 Å². The van der Waals surface area contributed by atoms with E-state index in [4.69, 9.17) is 4.74 Å². The monoisotopic (exact) mass is 201 g/mol. The van der Waals surface area contributed by atoms with Crippen LogP contribution in [0.3, 0.4) is 0 Å². The third-order valence-corrected chi connectivity index (χ3v) is 3.09. The molecule has 1 aromatic carbocycles. The molecule has 15 heavy (non-hydrogen) atoms. The summed E-state index contributed by atoms with van der Waals surface area (Å²) in [6.45, 7) is 0. The number of fused-ring (bicyclic) bond motifs is 5. The van der Waals surface area contributed by atoms with Crippen LogP contribution in [-0.2, 0) is 4.74 Å². The van der Waals surface area contributed by atoms with Crippen LogP contribution in [0, 0.1) is 0 Å². The maximum Gasteiger partial charge on any atom is 0.411 e. The molecule has 0 saturated carbocycles. The highest BCUT2D eigenvalue weighted by atomic mass is 16.5. The summed E-state index contributed by atoms with van der Waals surface area (Å²) >= 11 is 0. The van der Waals surface area contributed by atoms with Crippen LogP contribution in [0.5, 0.6) is 0 Å². The van der Waals surface area contributed by atoms with E-state index in [1.165, 1.54) is 18.2 Å². The molecule has 3 nitrogen and oxygen atoms in total. The zero-order valence-corrected chi connectivity index (χ0v) is 8.38. The van der Waals surface area contributed by atoms with E-state index in [0.29, 0.717) is 0 Å². The van der Waals surface area contributed by atoms with Crippen LogP contribution in [0.1, 0.15) is 23.2 Å². The van der Waals surface area contributed by atoms with Gasteiger partial charge in [0.05, 0.1) is 19.2 Å². The van der Waals surface area contributed by atoms with E-state index in [9.17, 15) is 4.79 Å². The van der Waals surface area contributed by atoms with Gasteiger partial charge in [0.2, 0.25) is 0 Å². The fraction of sp³-hybridized carbons (Fsp3) is 0.250. The number of nitrogens with zero attached hydrogens (tertiary/aromatic N) is 1. The Kier molecular flexibility index (Phi) is 1.63. The third kappa shape index (κ3) is 0.975. The molecule has 2 aliphatic rings. The molecule has 1 aromatic rings. The van der Waals surface area contributed by atoms with Crippen molar-refractivity contribution in [2.24, 2.45) is 0 Å². The predicted molar refractivity (Wildman–Crippen MR) is 55.3 cm³/mol. The number of carbonyl (C=O) groups excluding carboxylic acids is 1. The van der Waals surface area contributed by atoms with Crippen LogP contribution >= 0.6 is 0 Å². The number of amides is 1. The first-order chi connectivity index (χ1) is 7.33. The first-order valence-corrected chi connectivity index (χ1v) is 4.96. The highest BCUT2D eigenvalue weighted by Gasteiger charge is 2.43. The molecule has 0 spiro atoms. The average molecular weight is 201 g/mol. The minimum Gasteiger partial charge on any atom is -0.453 e. The molecule has 0 aliphatic carbocycles. The molecule has 0 unspecified atom stereocenters. The van der Waals surface area contributed by atoms with E-state index in [2.05, 4.69) is 24.3 Å². The summed E-state index contributed by atoms with van der Waals surface area (Å²) in [6, 6.07) is 8.28. The smallest absolute Gasteiger partial charge is 0.411 e. The molecule has 2 heterocycles. The molecular weight excluding hydrogens is 190 g/mol. The number of carbonyl (C=O) groups is 1. The lowest BCUT2D eigenvalue weighted by molar-refractivity contribution is 0.114. The normalized spacial score (nSPS) is 25.5. The van der Waals surface area contributed by atoms with Crippen molar-refractivity contribution < 1.29 is 9.53 Å². The number of rotatable bonds is 0. The van der Waals surface area contributed by atoms with Crippen molar-refractivity contribution in [1.29, 1.82) is 0 Å². The fourth-order valence-electron chi connectivity index (χ4n) is 2.46. The van der Waals surface area contributed by atoms with Crippen LogP contribution in [-0.4, -0.2) is 18.1 Å². The second kappa shape index (κ2) is 2.86. The molecule has 0 fully saturated rings. The molecule has 0 saturated heterocycles. The number of benzene rings is 1. The molecule has 3 heteroatoms. The van der Waals surface area contributed by atoms with Crippen molar-refractivity contribution in [3.8, 4) is 0 Å². The highest BCUT2D eigenvalue weighted by molar-refractivity contribution is 5.73.